The number of carbonyl (C=O) groups excluding carboxylic acids is 1. The van der Waals surface area contributed by atoms with Gasteiger partial charge in [-0.15, -0.1) is 17.5 Å². The van der Waals surface area contributed by atoms with Crippen molar-refractivity contribution >= 4 is 29.7 Å². The van der Waals surface area contributed by atoms with Crippen molar-refractivity contribution in [3.63, 3.8) is 0 Å². The molecule has 0 unspecified atom stereocenters. The zero-order valence-corrected chi connectivity index (χ0v) is 11.9. The lowest BCUT2D eigenvalue weighted by Gasteiger charge is -2.18. The minimum Gasteiger partial charge on any atom is -0.385 e. The average Bonchev–Trinajstić information content (AvgIpc) is 2.85. The van der Waals surface area contributed by atoms with Crippen LogP contribution < -0.4 is 10.6 Å². The number of nitrogens with one attached hydrogen (secondary N) is 2. The van der Waals surface area contributed by atoms with Crippen LogP contribution in [0.3, 0.4) is 0 Å². The molecule has 2 N–H and O–H groups in total. The van der Waals surface area contributed by atoms with E-state index >= 15 is 0 Å². The molecule has 106 valence electrons. The van der Waals surface area contributed by atoms with Crippen molar-refractivity contribution in [2.75, 3.05) is 17.2 Å². The van der Waals surface area contributed by atoms with Gasteiger partial charge in [-0.25, -0.2) is 0 Å². The van der Waals surface area contributed by atoms with Crippen molar-refractivity contribution in [3.05, 3.63) is 35.7 Å². The first kappa shape index (κ1) is 14.3. The second-order valence-corrected chi connectivity index (χ2v) is 4.63. The maximum absolute atomic E-state index is 12.0. The van der Waals surface area contributed by atoms with Crippen LogP contribution in [0.5, 0.6) is 0 Å². The van der Waals surface area contributed by atoms with Crippen LogP contribution in [0.4, 0.5) is 11.4 Å². The minimum absolute atomic E-state index is 0. The molecule has 7 heteroatoms. The molecule has 0 saturated carbocycles. The Bertz CT molecular complexity index is 625. The van der Waals surface area contributed by atoms with E-state index in [4.69, 9.17) is 0 Å². The van der Waals surface area contributed by atoms with Gasteiger partial charge >= 0.3 is 0 Å². The summed E-state index contributed by atoms with van der Waals surface area (Å²) >= 11 is 0. The van der Waals surface area contributed by atoms with Crippen molar-refractivity contribution in [1.82, 2.24) is 15.0 Å². The second-order valence-electron chi connectivity index (χ2n) is 4.63. The number of anilines is 2. The normalized spacial score (nSPS) is 12.8. The lowest BCUT2D eigenvalue weighted by molar-refractivity contribution is 0.102. The van der Waals surface area contributed by atoms with Crippen molar-refractivity contribution in [1.29, 1.82) is 0 Å². The molecule has 1 aliphatic rings. The van der Waals surface area contributed by atoms with Gasteiger partial charge < -0.3 is 10.6 Å². The third-order valence-corrected chi connectivity index (χ3v) is 3.14. The van der Waals surface area contributed by atoms with Crippen LogP contribution in [0.25, 0.3) is 0 Å². The van der Waals surface area contributed by atoms with E-state index in [0.29, 0.717) is 5.69 Å². The Labute approximate surface area is 123 Å². The number of hydrogen-bond acceptors (Lipinski definition) is 4. The van der Waals surface area contributed by atoms with E-state index in [1.807, 2.05) is 18.2 Å². The second kappa shape index (κ2) is 5.92. The van der Waals surface area contributed by atoms with Crippen LogP contribution in [0.1, 0.15) is 22.5 Å². The summed E-state index contributed by atoms with van der Waals surface area (Å²) in [5.74, 6) is -0.239. The highest BCUT2D eigenvalue weighted by molar-refractivity contribution is 6.02. The van der Waals surface area contributed by atoms with E-state index in [1.165, 1.54) is 10.2 Å². The molecule has 20 heavy (non-hydrogen) atoms. The highest BCUT2D eigenvalue weighted by Gasteiger charge is 2.12. The number of nitrogens with zero attached hydrogens (tertiary/aromatic N) is 3. The van der Waals surface area contributed by atoms with Gasteiger partial charge in [-0.05, 0) is 36.6 Å². The quantitative estimate of drug-likeness (QED) is 0.886. The molecule has 0 bridgehead atoms. The largest absolute Gasteiger partial charge is 0.385 e. The van der Waals surface area contributed by atoms with Crippen LogP contribution in [0, 0.1) is 0 Å². The molecule has 1 aromatic heterocycles. The summed E-state index contributed by atoms with van der Waals surface area (Å²) in [5, 5.41) is 13.7. The van der Waals surface area contributed by atoms with Gasteiger partial charge in [0.05, 0.1) is 6.20 Å². The molecule has 0 spiro atoms. The average molecular weight is 294 g/mol. The first-order valence-electron chi connectivity index (χ1n) is 6.27. The van der Waals surface area contributed by atoms with Crippen LogP contribution in [-0.4, -0.2) is 27.4 Å². The predicted octanol–water partition coefficient (Wildman–Crippen LogP) is 1.85. The molecule has 0 atom stereocenters. The van der Waals surface area contributed by atoms with E-state index in [2.05, 4.69) is 20.9 Å². The van der Waals surface area contributed by atoms with E-state index < -0.39 is 0 Å². The number of rotatable bonds is 2. The Morgan fingerprint density at radius 1 is 1.45 bits per heavy atom. The van der Waals surface area contributed by atoms with Gasteiger partial charge in [-0.1, -0.05) is 5.21 Å². The van der Waals surface area contributed by atoms with E-state index in [0.717, 1.165) is 30.8 Å². The molecular weight excluding hydrogens is 278 g/mol. The van der Waals surface area contributed by atoms with Crippen LogP contribution >= 0.6 is 12.4 Å². The highest BCUT2D eigenvalue weighted by atomic mass is 35.5. The topological polar surface area (TPSA) is 71.8 Å². The number of aromatic nitrogens is 3. The van der Waals surface area contributed by atoms with Gasteiger partial charge in [0.15, 0.2) is 5.69 Å². The fourth-order valence-electron chi connectivity index (χ4n) is 2.20. The Kier molecular flexibility index (Phi) is 4.24. The standard InChI is InChI=1S/C13H15N5O.ClH/c1-18-8-12(16-17-18)13(19)15-10-4-5-11-9(7-10)3-2-6-14-11;/h4-5,7-8,14H,2-3,6H2,1H3,(H,15,19);1H. The summed E-state index contributed by atoms with van der Waals surface area (Å²) in [6.07, 6.45) is 3.75. The molecule has 1 aromatic carbocycles. The molecule has 3 rings (SSSR count). The number of benzene rings is 1. The van der Waals surface area contributed by atoms with E-state index in [9.17, 15) is 4.79 Å². The molecule has 2 aromatic rings. The SMILES string of the molecule is Cl.Cn1cc(C(=O)Nc2ccc3c(c2)CCCN3)nn1. The van der Waals surface area contributed by atoms with Gasteiger partial charge in [0, 0.05) is 25.0 Å². The summed E-state index contributed by atoms with van der Waals surface area (Å²) in [6, 6.07) is 5.90. The molecular formula is C13H16ClN5O. The summed E-state index contributed by atoms with van der Waals surface area (Å²) in [6.45, 7) is 1.01. The molecule has 6 nitrogen and oxygen atoms in total. The Morgan fingerprint density at radius 3 is 3.05 bits per heavy atom. The van der Waals surface area contributed by atoms with Gasteiger partial charge in [0.2, 0.25) is 0 Å². The van der Waals surface area contributed by atoms with E-state index in [1.54, 1.807) is 13.2 Å². The molecule has 2 heterocycles. The molecule has 0 aliphatic carbocycles. The lowest BCUT2D eigenvalue weighted by atomic mass is 10.0. The lowest BCUT2D eigenvalue weighted by Crippen LogP contribution is -2.15. The number of hydrogen-bond donors (Lipinski definition) is 2. The maximum atomic E-state index is 12.0. The number of fused-ring (bicyclic) bond motifs is 1. The van der Waals surface area contributed by atoms with Crippen molar-refractivity contribution in [3.8, 4) is 0 Å². The molecule has 0 saturated heterocycles. The minimum atomic E-state index is -0.239. The fourth-order valence-corrected chi connectivity index (χ4v) is 2.20. The van der Waals surface area contributed by atoms with Crippen molar-refractivity contribution in [2.24, 2.45) is 7.05 Å². The predicted molar refractivity (Wildman–Crippen MR) is 79.5 cm³/mol. The zero-order chi connectivity index (χ0) is 13.2. The molecule has 0 radical (unpaired) electrons. The Hall–Kier alpha value is -2.08. The van der Waals surface area contributed by atoms with Crippen molar-refractivity contribution < 1.29 is 4.79 Å². The first-order chi connectivity index (χ1) is 9.22. The van der Waals surface area contributed by atoms with Gasteiger partial charge in [0.1, 0.15) is 0 Å². The number of carbonyl (C=O) groups is 1. The smallest absolute Gasteiger partial charge is 0.277 e. The molecule has 1 amide bonds. The third-order valence-electron chi connectivity index (χ3n) is 3.14. The summed E-state index contributed by atoms with van der Waals surface area (Å²) in [7, 11) is 1.73. The van der Waals surface area contributed by atoms with Crippen LogP contribution in [0.2, 0.25) is 0 Å². The summed E-state index contributed by atoms with van der Waals surface area (Å²) in [5.41, 5.74) is 3.50. The highest BCUT2D eigenvalue weighted by Crippen LogP contribution is 2.25. The molecule has 1 aliphatic heterocycles. The van der Waals surface area contributed by atoms with Gasteiger partial charge in [-0.3, -0.25) is 9.48 Å². The maximum Gasteiger partial charge on any atom is 0.277 e. The summed E-state index contributed by atoms with van der Waals surface area (Å²) in [4.78, 5) is 12.0. The third kappa shape index (κ3) is 2.91. The fraction of sp³-hybridized carbons (Fsp3) is 0.308. The molecule has 0 fully saturated rings. The first-order valence-corrected chi connectivity index (χ1v) is 6.27. The van der Waals surface area contributed by atoms with Gasteiger partial charge in [-0.2, -0.15) is 0 Å². The van der Waals surface area contributed by atoms with Gasteiger partial charge in [0.25, 0.3) is 5.91 Å². The van der Waals surface area contributed by atoms with Crippen molar-refractivity contribution in [2.45, 2.75) is 12.8 Å². The monoisotopic (exact) mass is 293 g/mol. The Morgan fingerprint density at radius 2 is 2.30 bits per heavy atom. The summed E-state index contributed by atoms with van der Waals surface area (Å²) < 4.78 is 1.51. The number of amides is 1. The zero-order valence-electron chi connectivity index (χ0n) is 11.1. The number of halogens is 1. The van der Waals surface area contributed by atoms with Crippen LogP contribution in [0.15, 0.2) is 24.4 Å². The number of aryl methyl sites for hydroxylation is 2. The van der Waals surface area contributed by atoms with E-state index in [-0.39, 0.29) is 18.3 Å². The Balaban J connectivity index is 0.00000147. The van der Waals surface area contributed by atoms with Crippen LogP contribution in [-0.2, 0) is 13.5 Å².